The Balaban J connectivity index is 2.56. The number of hydrogen-bond donors (Lipinski definition) is 0. The fourth-order valence-electron chi connectivity index (χ4n) is 2.42. The molecule has 1 unspecified atom stereocenters. The van der Waals surface area contributed by atoms with Crippen molar-refractivity contribution >= 4 is 5.97 Å². The fourth-order valence-corrected chi connectivity index (χ4v) is 2.42. The first-order chi connectivity index (χ1) is 10.7. The van der Waals surface area contributed by atoms with Crippen molar-refractivity contribution in [3.05, 3.63) is 29.8 Å². The molecule has 0 aliphatic carbocycles. The summed E-state index contributed by atoms with van der Waals surface area (Å²) >= 11 is 0. The number of benzene rings is 1. The summed E-state index contributed by atoms with van der Waals surface area (Å²) in [5.74, 6) is 0.488. The van der Waals surface area contributed by atoms with E-state index in [-0.39, 0.29) is 11.9 Å². The van der Waals surface area contributed by atoms with Gasteiger partial charge < -0.3 is 14.4 Å². The van der Waals surface area contributed by atoms with E-state index in [9.17, 15) is 4.79 Å². The molecule has 0 aliphatic rings. The number of likely N-dealkylation sites (N-methyl/N-ethyl adjacent to an activating group) is 1. The van der Waals surface area contributed by atoms with E-state index in [0.717, 1.165) is 37.4 Å². The van der Waals surface area contributed by atoms with Crippen LogP contribution in [0.25, 0.3) is 0 Å². The molecule has 1 rings (SSSR count). The van der Waals surface area contributed by atoms with Crippen molar-refractivity contribution in [2.24, 2.45) is 0 Å². The second-order valence-corrected chi connectivity index (χ2v) is 5.16. The summed E-state index contributed by atoms with van der Waals surface area (Å²) in [6.45, 7) is 12.0. The minimum absolute atomic E-state index is 0.140. The van der Waals surface area contributed by atoms with Gasteiger partial charge in [-0.05, 0) is 44.1 Å². The molecule has 4 nitrogen and oxygen atoms in total. The smallest absolute Gasteiger partial charge is 0.313 e. The number of hydrogen-bond acceptors (Lipinski definition) is 4. The molecule has 1 atom stereocenters. The SMILES string of the molecule is CCOc1ccc(C(CC)C(=O)OCCN(CC)CC)cc1. The van der Waals surface area contributed by atoms with Crippen LogP contribution in [0.5, 0.6) is 5.75 Å². The molecule has 0 aromatic heterocycles. The number of carbonyl (C=O) groups is 1. The molecular formula is C18H29NO3. The Hall–Kier alpha value is -1.55. The first-order valence-corrected chi connectivity index (χ1v) is 8.27. The molecular weight excluding hydrogens is 278 g/mol. The maximum atomic E-state index is 12.3. The summed E-state index contributed by atoms with van der Waals surface area (Å²) < 4.78 is 10.9. The van der Waals surface area contributed by atoms with Gasteiger partial charge in [-0.3, -0.25) is 4.79 Å². The number of rotatable bonds is 10. The third-order valence-corrected chi connectivity index (χ3v) is 3.83. The summed E-state index contributed by atoms with van der Waals surface area (Å²) in [4.78, 5) is 14.5. The average molecular weight is 307 g/mol. The van der Waals surface area contributed by atoms with Crippen LogP contribution in [0, 0.1) is 0 Å². The minimum atomic E-state index is -0.202. The molecule has 4 heteroatoms. The van der Waals surface area contributed by atoms with E-state index < -0.39 is 0 Å². The summed E-state index contributed by atoms with van der Waals surface area (Å²) in [5.41, 5.74) is 0.985. The van der Waals surface area contributed by atoms with E-state index in [1.54, 1.807) is 0 Å². The van der Waals surface area contributed by atoms with Crippen molar-refractivity contribution in [2.75, 3.05) is 32.8 Å². The standard InChI is InChI=1S/C18H29NO3/c1-5-17(15-9-11-16(12-10-15)21-8-4)18(20)22-14-13-19(6-2)7-3/h9-12,17H,5-8,13-14H2,1-4H3. The summed E-state index contributed by atoms with van der Waals surface area (Å²) in [6.07, 6.45) is 0.734. The molecule has 0 spiro atoms. The zero-order valence-corrected chi connectivity index (χ0v) is 14.3. The highest BCUT2D eigenvalue weighted by Gasteiger charge is 2.20. The topological polar surface area (TPSA) is 38.8 Å². The highest BCUT2D eigenvalue weighted by molar-refractivity contribution is 5.78. The van der Waals surface area contributed by atoms with Gasteiger partial charge in [-0.1, -0.05) is 32.9 Å². The Morgan fingerprint density at radius 3 is 2.23 bits per heavy atom. The molecule has 0 N–H and O–H groups in total. The predicted molar refractivity (Wildman–Crippen MR) is 89.4 cm³/mol. The molecule has 0 fully saturated rings. The first kappa shape index (κ1) is 18.5. The summed E-state index contributed by atoms with van der Waals surface area (Å²) in [7, 11) is 0. The second kappa shape index (κ2) is 10.2. The Morgan fingerprint density at radius 1 is 1.09 bits per heavy atom. The highest BCUT2D eigenvalue weighted by atomic mass is 16.5. The van der Waals surface area contributed by atoms with Crippen LogP contribution in [0.4, 0.5) is 0 Å². The van der Waals surface area contributed by atoms with Gasteiger partial charge >= 0.3 is 5.97 Å². The molecule has 1 aromatic carbocycles. The van der Waals surface area contributed by atoms with Gasteiger partial charge in [0.05, 0.1) is 12.5 Å². The normalized spacial score (nSPS) is 12.2. The zero-order chi connectivity index (χ0) is 16.4. The molecule has 0 amide bonds. The lowest BCUT2D eigenvalue weighted by Gasteiger charge is -2.19. The van der Waals surface area contributed by atoms with Crippen LogP contribution in [-0.4, -0.2) is 43.7 Å². The van der Waals surface area contributed by atoms with Gasteiger partial charge in [-0.2, -0.15) is 0 Å². The van der Waals surface area contributed by atoms with Crippen molar-refractivity contribution in [3.8, 4) is 5.75 Å². The van der Waals surface area contributed by atoms with Crippen LogP contribution < -0.4 is 4.74 Å². The van der Waals surface area contributed by atoms with Gasteiger partial charge in [-0.15, -0.1) is 0 Å². The van der Waals surface area contributed by atoms with E-state index in [4.69, 9.17) is 9.47 Å². The van der Waals surface area contributed by atoms with Crippen molar-refractivity contribution < 1.29 is 14.3 Å². The second-order valence-electron chi connectivity index (χ2n) is 5.16. The number of esters is 1. The average Bonchev–Trinajstić information content (AvgIpc) is 2.54. The van der Waals surface area contributed by atoms with Gasteiger partial charge in [0.25, 0.3) is 0 Å². The highest BCUT2D eigenvalue weighted by Crippen LogP contribution is 2.23. The van der Waals surface area contributed by atoms with E-state index >= 15 is 0 Å². The van der Waals surface area contributed by atoms with Gasteiger partial charge in [0.1, 0.15) is 12.4 Å². The molecule has 1 aromatic rings. The third kappa shape index (κ3) is 5.68. The Bertz CT molecular complexity index is 426. The fraction of sp³-hybridized carbons (Fsp3) is 0.611. The summed E-state index contributed by atoms with van der Waals surface area (Å²) in [6, 6.07) is 7.71. The van der Waals surface area contributed by atoms with Crippen LogP contribution in [0.3, 0.4) is 0 Å². The molecule has 0 radical (unpaired) electrons. The molecule has 0 aliphatic heterocycles. The Morgan fingerprint density at radius 2 is 1.73 bits per heavy atom. The lowest BCUT2D eigenvalue weighted by Crippen LogP contribution is -2.28. The minimum Gasteiger partial charge on any atom is -0.494 e. The number of carbonyl (C=O) groups excluding carboxylic acids is 1. The molecule has 22 heavy (non-hydrogen) atoms. The van der Waals surface area contributed by atoms with Crippen LogP contribution in [0.1, 0.15) is 45.6 Å². The van der Waals surface area contributed by atoms with Crippen molar-refractivity contribution in [3.63, 3.8) is 0 Å². The monoisotopic (exact) mass is 307 g/mol. The summed E-state index contributed by atoms with van der Waals surface area (Å²) in [5, 5.41) is 0. The predicted octanol–water partition coefficient (Wildman–Crippen LogP) is 3.46. The van der Waals surface area contributed by atoms with Crippen LogP contribution >= 0.6 is 0 Å². The van der Waals surface area contributed by atoms with Crippen molar-refractivity contribution in [2.45, 2.75) is 40.0 Å². The van der Waals surface area contributed by atoms with Gasteiger partial charge in [-0.25, -0.2) is 0 Å². The Kier molecular flexibility index (Phi) is 8.60. The number of ether oxygens (including phenoxy) is 2. The van der Waals surface area contributed by atoms with Gasteiger partial charge in [0.2, 0.25) is 0 Å². The Labute approximate surface area is 134 Å². The third-order valence-electron chi connectivity index (χ3n) is 3.83. The largest absolute Gasteiger partial charge is 0.494 e. The van der Waals surface area contributed by atoms with E-state index in [1.165, 1.54) is 0 Å². The lowest BCUT2D eigenvalue weighted by atomic mass is 9.96. The molecule has 124 valence electrons. The van der Waals surface area contributed by atoms with E-state index in [0.29, 0.717) is 13.2 Å². The van der Waals surface area contributed by atoms with Gasteiger partial charge in [0.15, 0.2) is 0 Å². The molecule has 0 saturated heterocycles. The van der Waals surface area contributed by atoms with Crippen LogP contribution in [0.15, 0.2) is 24.3 Å². The number of nitrogens with zero attached hydrogens (tertiary/aromatic N) is 1. The molecule has 0 heterocycles. The van der Waals surface area contributed by atoms with Crippen LogP contribution in [-0.2, 0) is 9.53 Å². The molecule has 0 bridgehead atoms. The lowest BCUT2D eigenvalue weighted by molar-refractivity contribution is -0.146. The first-order valence-electron chi connectivity index (χ1n) is 8.27. The van der Waals surface area contributed by atoms with Crippen LogP contribution in [0.2, 0.25) is 0 Å². The molecule has 0 saturated carbocycles. The quantitative estimate of drug-likeness (QED) is 0.621. The van der Waals surface area contributed by atoms with E-state index in [1.807, 2.05) is 38.1 Å². The maximum Gasteiger partial charge on any atom is 0.313 e. The van der Waals surface area contributed by atoms with Crippen molar-refractivity contribution in [1.82, 2.24) is 4.90 Å². The van der Waals surface area contributed by atoms with Gasteiger partial charge in [0, 0.05) is 6.54 Å². The zero-order valence-electron chi connectivity index (χ0n) is 14.3. The maximum absolute atomic E-state index is 12.3. The van der Waals surface area contributed by atoms with E-state index in [2.05, 4.69) is 18.7 Å². The van der Waals surface area contributed by atoms with Crippen molar-refractivity contribution in [1.29, 1.82) is 0 Å².